The van der Waals surface area contributed by atoms with Crippen LogP contribution in [-0.2, 0) is 21.7 Å². The van der Waals surface area contributed by atoms with E-state index in [1.54, 1.807) is 24.0 Å². The summed E-state index contributed by atoms with van der Waals surface area (Å²) in [5.74, 6) is 1.70. The Kier molecular flexibility index (Phi) is 6.85. The van der Waals surface area contributed by atoms with Gasteiger partial charge < -0.3 is 29.0 Å². The number of piperazine rings is 1. The van der Waals surface area contributed by atoms with Gasteiger partial charge in [-0.3, -0.25) is 9.59 Å². The molecule has 0 unspecified atom stereocenters. The number of benzene rings is 3. The average Bonchev–Trinajstić information content (AvgIpc) is 3.40. The van der Waals surface area contributed by atoms with Gasteiger partial charge in [-0.1, -0.05) is 43.3 Å². The number of ether oxygens (including phenoxy) is 3. The molecule has 4 aromatic rings. The van der Waals surface area contributed by atoms with Crippen LogP contribution >= 0.6 is 0 Å². The minimum atomic E-state index is -1.17. The van der Waals surface area contributed by atoms with E-state index in [2.05, 4.69) is 18.0 Å². The van der Waals surface area contributed by atoms with Gasteiger partial charge >= 0.3 is 0 Å². The van der Waals surface area contributed by atoms with Gasteiger partial charge in [0.05, 0.1) is 26.5 Å². The lowest BCUT2D eigenvalue weighted by molar-refractivity contribution is -0.166. The van der Waals surface area contributed by atoms with Gasteiger partial charge in [0.2, 0.25) is 5.91 Å². The van der Waals surface area contributed by atoms with Crippen molar-refractivity contribution in [1.29, 1.82) is 0 Å². The van der Waals surface area contributed by atoms with Crippen molar-refractivity contribution in [1.82, 2.24) is 14.8 Å². The van der Waals surface area contributed by atoms with Crippen molar-refractivity contribution >= 4 is 22.7 Å². The monoisotopic (exact) mass is 553 g/mol. The first kappa shape index (κ1) is 26.7. The number of hydrogen-bond acceptors (Lipinski definition) is 5. The van der Waals surface area contributed by atoms with E-state index in [1.807, 2.05) is 67.6 Å². The summed E-state index contributed by atoms with van der Waals surface area (Å²) in [6, 6.07) is 21.7. The van der Waals surface area contributed by atoms with Crippen molar-refractivity contribution in [3.8, 4) is 17.2 Å². The van der Waals surface area contributed by atoms with E-state index in [-0.39, 0.29) is 24.3 Å². The van der Waals surface area contributed by atoms with Crippen molar-refractivity contribution in [3.05, 3.63) is 89.1 Å². The van der Waals surface area contributed by atoms with Crippen LogP contribution in [0.2, 0.25) is 0 Å². The Balaban J connectivity index is 1.45. The Morgan fingerprint density at radius 3 is 2.59 bits per heavy atom. The largest absolute Gasteiger partial charge is 0.497 e. The Morgan fingerprint density at radius 2 is 1.80 bits per heavy atom. The van der Waals surface area contributed by atoms with Crippen LogP contribution < -0.4 is 14.2 Å². The summed E-state index contributed by atoms with van der Waals surface area (Å²) < 4.78 is 17.0. The molecule has 0 radical (unpaired) electrons. The van der Waals surface area contributed by atoms with Gasteiger partial charge in [-0.2, -0.15) is 0 Å². The Hall–Kier alpha value is -4.46. The first-order valence-electron chi connectivity index (χ1n) is 14.0. The molecule has 1 fully saturated rings. The topological polar surface area (TPSA) is 84.1 Å². The summed E-state index contributed by atoms with van der Waals surface area (Å²) in [4.78, 5) is 35.2. The van der Waals surface area contributed by atoms with Crippen LogP contribution in [0.25, 0.3) is 10.9 Å². The summed E-state index contributed by atoms with van der Waals surface area (Å²) in [5, 5.41) is 1.05. The third-order valence-electron chi connectivity index (χ3n) is 8.38. The number of aromatic nitrogens is 1. The summed E-state index contributed by atoms with van der Waals surface area (Å²) in [7, 11) is 3.25. The van der Waals surface area contributed by atoms with Gasteiger partial charge in [-0.15, -0.1) is 0 Å². The zero-order chi connectivity index (χ0) is 28.7. The second kappa shape index (κ2) is 10.5. The van der Waals surface area contributed by atoms with Crippen LogP contribution in [0.4, 0.5) is 0 Å². The lowest BCUT2D eigenvalue weighted by Gasteiger charge is -2.51. The fourth-order valence-electron chi connectivity index (χ4n) is 6.33. The van der Waals surface area contributed by atoms with E-state index in [9.17, 15) is 9.59 Å². The molecule has 8 heteroatoms. The number of amides is 2. The van der Waals surface area contributed by atoms with Gasteiger partial charge in [0.25, 0.3) is 5.91 Å². The quantitative estimate of drug-likeness (QED) is 0.324. The molecule has 8 nitrogen and oxygen atoms in total. The summed E-state index contributed by atoms with van der Waals surface area (Å²) in [6.07, 6.45) is 0.894. The third-order valence-corrected chi connectivity index (χ3v) is 8.38. The maximum atomic E-state index is 14.4. The van der Waals surface area contributed by atoms with Gasteiger partial charge in [0.15, 0.2) is 17.0 Å². The van der Waals surface area contributed by atoms with Crippen LogP contribution in [0.5, 0.6) is 17.2 Å². The smallest absolute Gasteiger partial charge is 0.255 e. The highest BCUT2D eigenvalue weighted by Gasteiger charge is 2.56. The van der Waals surface area contributed by atoms with E-state index in [4.69, 9.17) is 14.2 Å². The van der Waals surface area contributed by atoms with Gasteiger partial charge in [-0.25, -0.2) is 0 Å². The molecular weight excluding hydrogens is 518 g/mol. The molecule has 0 bridgehead atoms. The molecule has 1 N–H and O–H groups in total. The molecular formula is C33H35N3O5. The van der Waals surface area contributed by atoms with Crippen molar-refractivity contribution in [3.63, 3.8) is 0 Å². The molecule has 6 rings (SSSR count). The fraction of sp³-hybridized carbons (Fsp3) is 0.333. The highest BCUT2D eigenvalue weighted by Crippen LogP contribution is 2.49. The predicted molar refractivity (Wildman–Crippen MR) is 156 cm³/mol. The zero-order valence-corrected chi connectivity index (χ0v) is 23.9. The molecule has 2 amide bonds. The van der Waals surface area contributed by atoms with E-state index in [0.29, 0.717) is 36.9 Å². The number of H-pyrrole nitrogens is 1. The van der Waals surface area contributed by atoms with E-state index in [1.165, 1.54) is 0 Å². The molecule has 0 saturated carbocycles. The number of nitrogens with one attached hydrogen (secondary N) is 1. The summed E-state index contributed by atoms with van der Waals surface area (Å²) in [6.45, 7) is 5.24. The molecule has 2 aliphatic heterocycles. The van der Waals surface area contributed by atoms with E-state index < -0.39 is 5.54 Å². The molecule has 41 heavy (non-hydrogen) atoms. The maximum Gasteiger partial charge on any atom is 0.255 e. The highest BCUT2D eigenvalue weighted by atomic mass is 16.5. The molecule has 0 spiro atoms. The fourth-order valence-corrected chi connectivity index (χ4v) is 6.33. The van der Waals surface area contributed by atoms with E-state index >= 15 is 0 Å². The van der Waals surface area contributed by atoms with Gasteiger partial charge in [-0.05, 0) is 60.4 Å². The molecule has 3 aromatic carbocycles. The molecule has 1 saturated heterocycles. The second-order valence-electron chi connectivity index (χ2n) is 10.9. The molecule has 212 valence electrons. The molecule has 2 atom stereocenters. The average molecular weight is 554 g/mol. The van der Waals surface area contributed by atoms with Crippen LogP contribution in [0, 0.1) is 0 Å². The molecule has 2 aliphatic rings. The SMILES string of the molecule is CCCOc1ccc([C@H]2CN3C(=O)CN(Cc4cccc(OC)c4)C(=O)[C@]3(C)c3[nH]c4ccccc4c32)cc1OC. The van der Waals surface area contributed by atoms with Crippen molar-refractivity contribution in [2.75, 3.05) is 33.9 Å². The predicted octanol–water partition coefficient (Wildman–Crippen LogP) is 5.21. The molecule has 0 aliphatic carbocycles. The van der Waals surface area contributed by atoms with Crippen molar-refractivity contribution < 1.29 is 23.8 Å². The minimum absolute atomic E-state index is 0.0149. The highest BCUT2D eigenvalue weighted by molar-refractivity contribution is 6.01. The Labute approximate surface area is 239 Å². The maximum absolute atomic E-state index is 14.4. The number of carbonyl (C=O) groups is 2. The second-order valence-corrected chi connectivity index (χ2v) is 10.9. The third kappa shape index (κ3) is 4.38. The van der Waals surface area contributed by atoms with Crippen LogP contribution in [-0.4, -0.2) is 60.5 Å². The lowest BCUT2D eigenvalue weighted by atomic mass is 9.76. The van der Waals surface area contributed by atoms with E-state index in [0.717, 1.165) is 39.7 Å². The number of para-hydroxylation sites is 1. The standard InChI is InChI=1S/C33H35N3O5/c1-5-15-41-27-14-13-22(17-28(27)40-4)25-19-36-29(37)20-35(18-21-9-8-10-23(16-21)39-3)32(38)33(36,2)31-30(25)24-11-6-7-12-26(24)34-31/h6-14,16-17,25,34H,5,15,18-20H2,1-4H3/t25-,33+/m1/s1. The number of carbonyl (C=O) groups excluding carboxylic acids is 2. The van der Waals surface area contributed by atoms with Crippen LogP contribution in [0.1, 0.15) is 48.6 Å². The number of hydrogen-bond donors (Lipinski definition) is 1. The Bertz CT molecular complexity index is 1630. The number of fused-ring (bicyclic) bond motifs is 5. The summed E-state index contributed by atoms with van der Waals surface area (Å²) >= 11 is 0. The van der Waals surface area contributed by atoms with Crippen LogP contribution in [0.15, 0.2) is 66.7 Å². The number of aromatic amines is 1. The normalized spacial score (nSPS) is 20.1. The number of nitrogens with zero attached hydrogens (tertiary/aromatic N) is 2. The van der Waals surface area contributed by atoms with Crippen LogP contribution in [0.3, 0.4) is 0 Å². The zero-order valence-electron chi connectivity index (χ0n) is 23.9. The van der Waals surface area contributed by atoms with Gasteiger partial charge in [0.1, 0.15) is 12.3 Å². The Morgan fingerprint density at radius 1 is 0.976 bits per heavy atom. The van der Waals surface area contributed by atoms with Crippen molar-refractivity contribution in [2.45, 2.75) is 38.3 Å². The first-order valence-corrected chi connectivity index (χ1v) is 14.0. The van der Waals surface area contributed by atoms with Crippen molar-refractivity contribution in [2.24, 2.45) is 0 Å². The van der Waals surface area contributed by atoms with Gasteiger partial charge in [0, 0.05) is 29.9 Å². The number of methoxy groups -OCH3 is 2. The lowest BCUT2D eigenvalue weighted by Crippen LogP contribution is -2.67. The molecule has 3 heterocycles. The number of rotatable bonds is 8. The molecule has 1 aromatic heterocycles. The minimum Gasteiger partial charge on any atom is -0.497 e. The summed E-state index contributed by atoms with van der Waals surface area (Å²) in [5.41, 5.74) is 3.46. The first-order chi connectivity index (χ1) is 19.9.